The van der Waals surface area contributed by atoms with Crippen molar-refractivity contribution in [2.45, 2.75) is 6.54 Å². The highest BCUT2D eigenvalue weighted by Gasteiger charge is 2.14. The van der Waals surface area contributed by atoms with Gasteiger partial charge in [0.1, 0.15) is 5.75 Å². The summed E-state index contributed by atoms with van der Waals surface area (Å²) in [6.07, 6.45) is 0. The average molecular weight is 339 g/mol. The highest BCUT2D eigenvalue weighted by molar-refractivity contribution is 7.90. The topological polar surface area (TPSA) is 89.3 Å². The van der Waals surface area contributed by atoms with Gasteiger partial charge in [0.05, 0.1) is 0 Å². The number of benzene rings is 2. The first-order chi connectivity index (χ1) is 10.4. The van der Waals surface area contributed by atoms with Crippen molar-refractivity contribution in [2.75, 3.05) is 5.75 Å². The van der Waals surface area contributed by atoms with Gasteiger partial charge >= 0.3 is 0 Å². The normalized spacial score (nSPS) is 11.3. The summed E-state index contributed by atoms with van der Waals surface area (Å²) in [6, 6.07) is 14.6. The summed E-state index contributed by atoms with van der Waals surface area (Å²) in [5, 5.41) is 0.599. The van der Waals surface area contributed by atoms with E-state index in [1.54, 1.807) is 12.1 Å². The van der Waals surface area contributed by atoms with Crippen LogP contribution in [0.3, 0.4) is 0 Å². The molecule has 2 aromatic rings. The van der Waals surface area contributed by atoms with E-state index in [0.29, 0.717) is 5.02 Å². The average Bonchev–Trinajstić information content (AvgIpc) is 2.44. The van der Waals surface area contributed by atoms with Crippen molar-refractivity contribution in [3.63, 3.8) is 0 Å². The number of carbonyl (C=O) groups is 1. The molecule has 0 atom stereocenters. The first-order valence-corrected chi connectivity index (χ1v) is 8.50. The largest absolute Gasteiger partial charge is 0.369 e. The van der Waals surface area contributed by atoms with Crippen molar-refractivity contribution in [1.29, 1.82) is 0 Å². The molecule has 0 saturated carbocycles. The molecule has 0 radical (unpaired) electrons. The molecule has 22 heavy (non-hydrogen) atoms. The fourth-order valence-corrected chi connectivity index (χ4v) is 3.08. The minimum absolute atomic E-state index is 0.0678. The number of hydrogen-bond acceptors (Lipinski definition) is 3. The molecular formula is C15H15ClN2O3S. The third kappa shape index (κ3) is 4.56. The first kappa shape index (κ1) is 16.5. The molecule has 0 aromatic heterocycles. The maximum Gasteiger partial charge on any atom is 0.234 e. The van der Waals surface area contributed by atoms with E-state index in [1.807, 2.05) is 36.4 Å². The Morgan fingerprint density at radius 3 is 2.55 bits per heavy atom. The zero-order valence-electron chi connectivity index (χ0n) is 11.6. The van der Waals surface area contributed by atoms with Gasteiger partial charge in [0.2, 0.25) is 15.9 Å². The van der Waals surface area contributed by atoms with Crippen LogP contribution in [0.2, 0.25) is 5.02 Å². The number of amides is 1. The first-order valence-electron chi connectivity index (χ1n) is 6.47. The predicted molar refractivity (Wildman–Crippen MR) is 86.7 cm³/mol. The van der Waals surface area contributed by atoms with Crippen molar-refractivity contribution in [2.24, 2.45) is 5.73 Å². The number of hydrogen-bond donors (Lipinski definition) is 2. The van der Waals surface area contributed by atoms with E-state index in [0.717, 1.165) is 16.7 Å². The second kappa shape index (κ2) is 6.91. The third-order valence-corrected chi connectivity index (χ3v) is 4.45. The Morgan fingerprint density at radius 2 is 1.86 bits per heavy atom. The van der Waals surface area contributed by atoms with Crippen LogP contribution in [0.15, 0.2) is 48.5 Å². The van der Waals surface area contributed by atoms with Crippen molar-refractivity contribution < 1.29 is 13.2 Å². The Kier molecular flexibility index (Phi) is 5.18. The van der Waals surface area contributed by atoms with Crippen LogP contribution in [0, 0.1) is 0 Å². The molecule has 0 spiro atoms. The maximum absolute atomic E-state index is 11.7. The summed E-state index contributed by atoms with van der Waals surface area (Å²) in [6.45, 7) is 0.0678. The van der Waals surface area contributed by atoms with Crippen molar-refractivity contribution in [3.05, 3.63) is 59.1 Å². The van der Waals surface area contributed by atoms with Gasteiger partial charge in [-0.1, -0.05) is 48.0 Å². The molecule has 0 aliphatic rings. The highest BCUT2D eigenvalue weighted by Crippen LogP contribution is 2.26. The lowest BCUT2D eigenvalue weighted by Gasteiger charge is -2.11. The maximum atomic E-state index is 11.7. The Balaban J connectivity index is 2.25. The molecule has 1 amide bonds. The van der Waals surface area contributed by atoms with E-state index in [2.05, 4.69) is 4.72 Å². The lowest BCUT2D eigenvalue weighted by atomic mass is 10.00. The standard InChI is InChI=1S/C15H15ClN2O3S/c16-13-6-3-5-11(8-13)14-7-2-1-4-12(14)9-18-22(20,21)10-15(17)19/h1-8,18H,9-10H2,(H2,17,19). The fraction of sp³-hybridized carbons (Fsp3) is 0.133. The van der Waals surface area contributed by atoms with Crippen LogP contribution < -0.4 is 10.5 Å². The Morgan fingerprint density at radius 1 is 1.14 bits per heavy atom. The molecule has 3 N–H and O–H groups in total. The molecule has 116 valence electrons. The van der Waals surface area contributed by atoms with Gasteiger partial charge in [-0.25, -0.2) is 13.1 Å². The molecular weight excluding hydrogens is 324 g/mol. The van der Waals surface area contributed by atoms with Gasteiger partial charge in [-0.15, -0.1) is 0 Å². The zero-order valence-corrected chi connectivity index (χ0v) is 13.2. The Hall–Kier alpha value is -1.89. The van der Waals surface area contributed by atoms with Crippen LogP contribution in [0.1, 0.15) is 5.56 Å². The van der Waals surface area contributed by atoms with Gasteiger partial charge in [-0.2, -0.15) is 0 Å². The van der Waals surface area contributed by atoms with E-state index in [-0.39, 0.29) is 6.54 Å². The van der Waals surface area contributed by atoms with Crippen LogP contribution in [0.4, 0.5) is 0 Å². The Labute approximate surface area is 134 Å². The molecule has 0 fully saturated rings. The molecule has 2 rings (SSSR count). The number of nitrogens with one attached hydrogen (secondary N) is 1. The monoisotopic (exact) mass is 338 g/mol. The lowest BCUT2D eigenvalue weighted by molar-refractivity contribution is -0.115. The summed E-state index contributed by atoms with van der Waals surface area (Å²) < 4.78 is 25.7. The van der Waals surface area contributed by atoms with Gasteiger partial charge in [-0.05, 0) is 28.8 Å². The second-order valence-electron chi connectivity index (χ2n) is 4.71. The minimum atomic E-state index is -3.74. The van der Waals surface area contributed by atoms with E-state index in [9.17, 15) is 13.2 Å². The van der Waals surface area contributed by atoms with Gasteiger partial charge < -0.3 is 5.73 Å². The zero-order chi connectivity index (χ0) is 16.2. The van der Waals surface area contributed by atoms with Gasteiger partial charge in [-0.3, -0.25) is 4.79 Å². The molecule has 2 aromatic carbocycles. The number of halogens is 1. The van der Waals surface area contributed by atoms with E-state index >= 15 is 0 Å². The number of primary amides is 1. The molecule has 0 saturated heterocycles. The van der Waals surface area contributed by atoms with Crippen molar-refractivity contribution in [3.8, 4) is 11.1 Å². The molecule has 7 heteroatoms. The SMILES string of the molecule is NC(=O)CS(=O)(=O)NCc1ccccc1-c1cccc(Cl)c1. The molecule has 5 nitrogen and oxygen atoms in total. The lowest BCUT2D eigenvalue weighted by Crippen LogP contribution is -2.32. The minimum Gasteiger partial charge on any atom is -0.369 e. The fourth-order valence-electron chi connectivity index (χ4n) is 2.04. The molecule has 0 bridgehead atoms. The summed E-state index contributed by atoms with van der Waals surface area (Å²) in [4.78, 5) is 10.7. The molecule has 0 aliphatic carbocycles. The smallest absolute Gasteiger partial charge is 0.234 e. The van der Waals surface area contributed by atoms with Crippen molar-refractivity contribution in [1.82, 2.24) is 4.72 Å². The van der Waals surface area contributed by atoms with Crippen molar-refractivity contribution >= 4 is 27.5 Å². The summed E-state index contributed by atoms with van der Waals surface area (Å²) >= 11 is 5.99. The van der Waals surface area contributed by atoms with E-state index in [4.69, 9.17) is 17.3 Å². The van der Waals surface area contributed by atoms with E-state index < -0.39 is 21.7 Å². The van der Waals surface area contributed by atoms with Crippen LogP contribution in [0.25, 0.3) is 11.1 Å². The highest BCUT2D eigenvalue weighted by atomic mass is 35.5. The molecule has 0 aliphatic heterocycles. The Bertz CT molecular complexity index is 791. The van der Waals surface area contributed by atoms with Crippen LogP contribution in [-0.2, 0) is 21.4 Å². The van der Waals surface area contributed by atoms with Crippen LogP contribution in [-0.4, -0.2) is 20.1 Å². The van der Waals surface area contributed by atoms with Gasteiger partial charge in [0.25, 0.3) is 0 Å². The molecule has 0 heterocycles. The van der Waals surface area contributed by atoms with E-state index in [1.165, 1.54) is 0 Å². The molecule has 0 unspecified atom stereocenters. The summed E-state index contributed by atoms with van der Waals surface area (Å²) in [7, 11) is -3.74. The summed E-state index contributed by atoms with van der Waals surface area (Å²) in [5.74, 6) is -1.62. The summed E-state index contributed by atoms with van der Waals surface area (Å²) in [5.41, 5.74) is 7.44. The predicted octanol–water partition coefficient (Wildman–Crippen LogP) is 1.91. The second-order valence-corrected chi connectivity index (χ2v) is 6.96. The number of nitrogens with two attached hydrogens (primary N) is 1. The third-order valence-electron chi connectivity index (χ3n) is 2.97. The van der Waals surface area contributed by atoms with Gasteiger partial charge in [0.15, 0.2) is 0 Å². The number of rotatable bonds is 6. The van der Waals surface area contributed by atoms with Gasteiger partial charge in [0, 0.05) is 11.6 Å². The van der Waals surface area contributed by atoms with Crippen LogP contribution in [0.5, 0.6) is 0 Å². The van der Waals surface area contributed by atoms with Crippen LogP contribution >= 0.6 is 11.6 Å². The number of sulfonamides is 1. The quantitative estimate of drug-likeness (QED) is 0.843. The number of carbonyl (C=O) groups excluding carboxylic acids is 1.